The summed E-state index contributed by atoms with van der Waals surface area (Å²) >= 11 is 1.58. The van der Waals surface area contributed by atoms with Gasteiger partial charge in [0.2, 0.25) is 0 Å². The van der Waals surface area contributed by atoms with E-state index >= 15 is 0 Å². The number of aromatic amines is 1. The third kappa shape index (κ3) is 4.57. The van der Waals surface area contributed by atoms with Crippen molar-refractivity contribution in [2.45, 2.75) is 10.9 Å². The number of nitrogens with zero attached hydrogens (tertiary/aromatic N) is 3. The van der Waals surface area contributed by atoms with Crippen molar-refractivity contribution in [1.82, 2.24) is 25.4 Å². The number of carbonyl (C=O) groups excluding carboxylic acids is 1. The lowest BCUT2D eigenvalue weighted by molar-refractivity contribution is 0.0797. The van der Waals surface area contributed by atoms with Crippen LogP contribution in [0.25, 0.3) is 0 Å². The van der Waals surface area contributed by atoms with Crippen molar-refractivity contribution in [2.24, 2.45) is 0 Å². The van der Waals surface area contributed by atoms with Crippen LogP contribution in [0.3, 0.4) is 0 Å². The van der Waals surface area contributed by atoms with Crippen LogP contribution in [0.1, 0.15) is 15.9 Å². The third-order valence-electron chi connectivity index (χ3n) is 3.01. The van der Waals surface area contributed by atoms with Crippen LogP contribution in [0.5, 0.6) is 0 Å². The highest BCUT2D eigenvalue weighted by molar-refractivity contribution is 7.98. The van der Waals surface area contributed by atoms with E-state index in [4.69, 9.17) is 0 Å². The van der Waals surface area contributed by atoms with Crippen molar-refractivity contribution in [2.75, 3.05) is 27.2 Å². The summed E-state index contributed by atoms with van der Waals surface area (Å²) in [6, 6.07) is 7.69. The standard InChI is InChI=1S/C14H19N5OS/c1-15-7-8-19(2)13(20)12-5-3-11(4-6-12)9-21-14-16-10-17-18-14/h3-6,10,15H,7-9H2,1-2H3,(H,16,17,18). The number of nitrogens with one attached hydrogen (secondary N) is 2. The normalized spacial score (nSPS) is 10.6. The second-order valence-electron chi connectivity index (χ2n) is 4.61. The fourth-order valence-corrected chi connectivity index (χ4v) is 2.50. The molecule has 0 fully saturated rings. The smallest absolute Gasteiger partial charge is 0.253 e. The fourth-order valence-electron chi connectivity index (χ4n) is 1.76. The highest BCUT2D eigenvalue weighted by Gasteiger charge is 2.10. The molecule has 0 unspecified atom stereocenters. The molecule has 0 atom stereocenters. The Balaban J connectivity index is 1.90. The molecule has 0 aliphatic heterocycles. The zero-order valence-electron chi connectivity index (χ0n) is 12.2. The van der Waals surface area contributed by atoms with E-state index < -0.39 is 0 Å². The molecule has 7 heteroatoms. The van der Waals surface area contributed by atoms with Gasteiger partial charge < -0.3 is 10.2 Å². The second-order valence-corrected chi connectivity index (χ2v) is 5.57. The van der Waals surface area contributed by atoms with Crippen molar-refractivity contribution >= 4 is 17.7 Å². The Hall–Kier alpha value is -1.86. The molecule has 2 aromatic rings. The Morgan fingerprint density at radius 1 is 1.38 bits per heavy atom. The molecule has 1 heterocycles. The van der Waals surface area contributed by atoms with E-state index in [0.29, 0.717) is 12.1 Å². The van der Waals surface area contributed by atoms with Crippen LogP contribution < -0.4 is 5.32 Å². The number of thioether (sulfide) groups is 1. The molecule has 1 aromatic carbocycles. The Morgan fingerprint density at radius 2 is 2.14 bits per heavy atom. The van der Waals surface area contributed by atoms with E-state index in [9.17, 15) is 4.79 Å². The van der Waals surface area contributed by atoms with Gasteiger partial charge in [-0.3, -0.25) is 9.89 Å². The topological polar surface area (TPSA) is 73.9 Å². The molecular weight excluding hydrogens is 286 g/mol. The van der Waals surface area contributed by atoms with E-state index in [0.717, 1.165) is 23.0 Å². The largest absolute Gasteiger partial charge is 0.340 e. The predicted octanol–water partition coefficient (Wildman–Crippen LogP) is 1.39. The Kier molecular flexibility index (Phi) is 5.77. The average Bonchev–Trinajstić information content (AvgIpc) is 3.04. The lowest BCUT2D eigenvalue weighted by atomic mass is 10.1. The monoisotopic (exact) mass is 305 g/mol. The minimum atomic E-state index is 0.0414. The van der Waals surface area contributed by atoms with Crippen LogP contribution in [-0.4, -0.2) is 53.2 Å². The van der Waals surface area contributed by atoms with Crippen LogP contribution in [0.15, 0.2) is 35.7 Å². The first-order valence-electron chi connectivity index (χ1n) is 6.68. The molecular formula is C14H19N5OS. The van der Waals surface area contributed by atoms with Crippen molar-refractivity contribution < 1.29 is 4.79 Å². The number of rotatable bonds is 7. The van der Waals surface area contributed by atoms with Gasteiger partial charge >= 0.3 is 0 Å². The van der Waals surface area contributed by atoms with E-state index in [1.807, 2.05) is 38.4 Å². The van der Waals surface area contributed by atoms with Gasteiger partial charge in [-0.25, -0.2) is 4.98 Å². The lowest BCUT2D eigenvalue weighted by Crippen LogP contribution is -2.32. The minimum absolute atomic E-state index is 0.0414. The van der Waals surface area contributed by atoms with Gasteiger partial charge in [0.1, 0.15) is 6.33 Å². The van der Waals surface area contributed by atoms with Crippen LogP contribution in [-0.2, 0) is 5.75 Å². The first kappa shape index (κ1) is 15.5. The number of likely N-dealkylation sites (N-methyl/N-ethyl adjacent to an activating group) is 2. The van der Waals surface area contributed by atoms with Crippen molar-refractivity contribution in [3.05, 3.63) is 41.7 Å². The molecule has 0 saturated carbocycles. The summed E-state index contributed by atoms with van der Waals surface area (Å²) < 4.78 is 0. The Bertz CT molecular complexity index is 555. The van der Waals surface area contributed by atoms with E-state index in [1.165, 1.54) is 6.33 Å². The van der Waals surface area contributed by atoms with Gasteiger partial charge in [-0.05, 0) is 24.7 Å². The number of benzene rings is 1. The Morgan fingerprint density at radius 3 is 2.76 bits per heavy atom. The van der Waals surface area contributed by atoms with Gasteiger partial charge in [-0.2, -0.15) is 5.10 Å². The second kappa shape index (κ2) is 7.80. The summed E-state index contributed by atoms with van der Waals surface area (Å²) in [6.45, 7) is 1.48. The van der Waals surface area contributed by atoms with Gasteiger partial charge in [0.25, 0.3) is 5.91 Å². The molecule has 1 aromatic heterocycles. The summed E-state index contributed by atoms with van der Waals surface area (Å²) in [5, 5.41) is 10.4. The van der Waals surface area contributed by atoms with Gasteiger partial charge in [0.15, 0.2) is 5.16 Å². The lowest BCUT2D eigenvalue weighted by Gasteiger charge is -2.17. The van der Waals surface area contributed by atoms with Crippen LogP contribution >= 0.6 is 11.8 Å². The number of carbonyl (C=O) groups is 1. The summed E-state index contributed by atoms with van der Waals surface area (Å²) in [5.74, 6) is 0.832. The molecule has 21 heavy (non-hydrogen) atoms. The number of hydrogen-bond acceptors (Lipinski definition) is 5. The highest BCUT2D eigenvalue weighted by Crippen LogP contribution is 2.18. The van der Waals surface area contributed by atoms with E-state index in [1.54, 1.807) is 16.7 Å². The summed E-state index contributed by atoms with van der Waals surface area (Å²) in [7, 11) is 3.69. The number of amides is 1. The molecule has 0 aliphatic rings. The predicted molar refractivity (Wildman–Crippen MR) is 83.3 cm³/mol. The minimum Gasteiger partial charge on any atom is -0.340 e. The first-order valence-corrected chi connectivity index (χ1v) is 7.66. The zero-order valence-corrected chi connectivity index (χ0v) is 13.0. The summed E-state index contributed by atoms with van der Waals surface area (Å²) in [4.78, 5) is 18.0. The molecule has 112 valence electrons. The summed E-state index contributed by atoms with van der Waals surface area (Å²) in [6.07, 6.45) is 1.49. The zero-order chi connectivity index (χ0) is 15.1. The van der Waals surface area contributed by atoms with Gasteiger partial charge in [0, 0.05) is 31.5 Å². The number of aromatic nitrogens is 3. The van der Waals surface area contributed by atoms with E-state index in [-0.39, 0.29) is 5.91 Å². The van der Waals surface area contributed by atoms with Gasteiger partial charge in [-0.1, -0.05) is 23.9 Å². The average molecular weight is 305 g/mol. The van der Waals surface area contributed by atoms with Gasteiger partial charge in [-0.15, -0.1) is 0 Å². The number of H-pyrrole nitrogens is 1. The molecule has 0 spiro atoms. The van der Waals surface area contributed by atoms with E-state index in [2.05, 4.69) is 20.5 Å². The van der Waals surface area contributed by atoms with Crippen LogP contribution in [0, 0.1) is 0 Å². The fraction of sp³-hybridized carbons (Fsp3) is 0.357. The van der Waals surface area contributed by atoms with Crippen LogP contribution in [0.2, 0.25) is 0 Å². The molecule has 0 radical (unpaired) electrons. The molecule has 6 nitrogen and oxygen atoms in total. The SMILES string of the molecule is CNCCN(C)C(=O)c1ccc(CSc2ncn[nH]2)cc1. The van der Waals surface area contributed by atoms with Crippen LogP contribution in [0.4, 0.5) is 0 Å². The molecule has 2 N–H and O–H groups in total. The number of hydrogen-bond donors (Lipinski definition) is 2. The van der Waals surface area contributed by atoms with Crippen molar-refractivity contribution in [1.29, 1.82) is 0 Å². The van der Waals surface area contributed by atoms with Crippen molar-refractivity contribution in [3.8, 4) is 0 Å². The molecule has 1 amide bonds. The molecule has 0 aliphatic carbocycles. The maximum atomic E-state index is 12.2. The molecule has 2 rings (SSSR count). The third-order valence-corrected chi connectivity index (χ3v) is 3.96. The van der Waals surface area contributed by atoms with Crippen molar-refractivity contribution in [3.63, 3.8) is 0 Å². The molecule has 0 bridgehead atoms. The molecule has 0 saturated heterocycles. The first-order chi connectivity index (χ1) is 10.2. The quantitative estimate of drug-likeness (QED) is 0.756. The summed E-state index contributed by atoms with van der Waals surface area (Å²) in [5.41, 5.74) is 1.85. The highest BCUT2D eigenvalue weighted by atomic mass is 32.2. The maximum absolute atomic E-state index is 12.2. The Labute approximate surface area is 128 Å². The maximum Gasteiger partial charge on any atom is 0.253 e. The van der Waals surface area contributed by atoms with Gasteiger partial charge in [0.05, 0.1) is 0 Å².